The summed E-state index contributed by atoms with van der Waals surface area (Å²) in [5.41, 5.74) is 6.18. The van der Waals surface area contributed by atoms with E-state index >= 15 is 0 Å². The number of primary amides is 1. The maximum Gasteiger partial charge on any atom is 0.408 e. The van der Waals surface area contributed by atoms with Gasteiger partial charge in [-0.1, -0.05) is 0 Å². The van der Waals surface area contributed by atoms with Crippen LogP contribution in [0.3, 0.4) is 0 Å². The lowest BCUT2D eigenvalue weighted by Crippen LogP contribution is -2.50. The smallest absolute Gasteiger partial charge is 0.408 e. The van der Waals surface area contributed by atoms with Crippen molar-refractivity contribution in [3.8, 4) is 0 Å². The zero-order valence-corrected chi connectivity index (χ0v) is 10.8. The molecule has 0 radical (unpaired) electrons. The average molecular weight is 260 g/mol. The van der Waals surface area contributed by atoms with Crippen LogP contribution in [-0.2, 0) is 14.3 Å². The molecule has 1 atom stereocenters. The van der Waals surface area contributed by atoms with Crippen molar-refractivity contribution in [2.45, 2.75) is 45.3 Å². The summed E-state index contributed by atoms with van der Waals surface area (Å²) < 4.78 is 4.98. The monoisotopic (exact) mass is 260 g/mol. The second-order valence-corrected chi connectivity index (χ2v) is 4.71. The Morgan fingerprint density at radius 1 is 1.28 bits per heavy atom. The highest BCUT2D eigenvalue weighted by molar-refractivity contribution is 5.86. The Balaban J connectivity index is 4.45. The molecule has 18 heavy (non-hydrogen) atoms. The number of nitrogens with one attached hydrogen (secondary N) is 2. The Morgan fingerprint density at radius 3 is 2.22 bits per heavy atom. The van der Waals surface area contributed by atoms with Crippen molar-refractivity contribution in [1.82, 2.24) is 10.7 Å². The average Bonchev–Trinajstić information content (AvgIpc) is 2.20. The molecule has 0 bridgehead atoms. The van der Waals surface area contributed by atoms with Crippen molar-refractivity contribution in [2.24, 2.45) is 11.6 Å². The molecular formula is C10H20N4O4. The van der Waals surface area contributed by atoms with Crippen LogP contribution < -0.4 is 22.3 Å². The summed E-state index contributed by atoms with van der Waals surface area (Å²) in [5, 5.41) is 2.32. The van der Waals surface area contributed by atoms with Crippen molar-refractivity contribution in [1.29, 1.82) is 0 Å². The van der Waals surface area contributed by atoms with E-state index in [0.29, 0.717) is 0 Å². The summed E-state index contributed by atoms with van der Waals surface area (Å²) in [6.45, 7) is 5.07. The fourth-order valence-electron chi connectivity index (χ4n) is 1.11. The summed E-state index contributed by atoms with van der Waals surface area (Å²) in [5.74, 6) is 3.78. The highest BCUT2D eigenvalue weighted by atomic mass is 16.6. The number of hydrazine groups is 1. The standard InChI is InChI=1S/C10H20N4O4/c1-10(2,3)18-9(17)13-6(8(16)14-12)4-5-7(11)15/h6H,4-5,12H2,1-3H3,(H2,11,15)(H,13,17)(H,14,16)/t6-/m0/s1. The van der Waals surface area contributed by atoms with Crippen molar-refractivity contribution in [3.05, 3.63) is 0 Å². The Kier molecular flexibility index (Phi) is 6.11. The molecule has 0 aliphatic heterocycles. The van der Waals surface area contributed by atoms with Crippen molar-refractivity contribution >= 4 is 17.9 Å². The summed E-state index contributed by atoms with van der Waals surface area (Å²) in [7, 11) is 0. The van der Waals surface area contributed by atoms with E-state index in [0.717, 1.165) is 0 Å². The van der Waals surface area contributed by atoms with Gasteiger partial charge in [0, 0.05) is 6.42 Å². The van der Waals surface area contributed by atoms with Gasteiger partial charge in [-0.15, -0.1) is 0 Å². The number of hydrogen-bond acceptors (Lipinski definition) is 5. The molecule has 8 heteroatoms. The van der Waals surface area contributed by atoms with Crippen LogP contribution in [0.5, 0.6) is 0 Å². The molecule has 0 heterocycles. The van der Waals surface area contributed by atoms with Gasteiger partial charge in [0.2, 0.25) is 5.91 Å². The zero-order valence-electron chi connectivity index (χ0n) is 10.8. The molecular weight excluding hydrogens is 240 g/mol. The first-order chi connectivity index (χ1) is 8.15. The Morgan fingerprint density at radius 2 is 1.83 bits per heavy atom. The van der Waals surface area contributed by atoms with Crippen molar-refractivity contribution < 1.29 is 19.1 Å². The lowest BCUT2D eigenvalue weighted by Gasteiger charge is -2.22. The first-order valence-corrected chi connectivity index (χ1v) is 5.44. The molecule has 6 N–H and O–H groups in total. The van der Waals surface area contributed by atoms with E-state index in [9.17, 15) is 14.4 Å². The molecule has 0 aliphatic carbocycles. The van der Waals surface area contributed by atoms with E-state index in [4.69, 9.17) is 16.3 Å². The molecule has 0 aromatic rings. The number of nitrogens with two attached hydrogens (primary N) is 2. The normalized spacial score (nSPS) is 12.4. The molecule has 104 valence electrons. The quantitative estimate of drug-likeness (QED) is 0.289. The van der Waals surface area contributed by atoms with Gasteiger partial charge < -0.3 is 15.8 Å². The van der Waals surface area contributed by atoms with E-state index in [1.165, 1.54) is 0 Å². The molecule has 0 spiro atoms. The first-order valence-electron chi connectivity index (χ1n) is 5.44. The van der Waals surface area contributed by atoms with Gasteiger partial charge in [-0.2, -0.15) is 0 Å². The second-order valence-electron chi connectivity index (χ2n) is 4.71. The van der Waals surface area contributed by atoms with E-state index < -0.39 is 29.6 Å². The Bertz CT molecular complexity index is 324. The first kappa shape index (κ1) is 16.2. The van der Waals surface area contributed by atoms with Crippen LogP contribution in [0.1, 0.15) is 33.6 Å². The molecule has 0 rings (SSSR count). The molecule has 0 aromatic heterocycles. The van der Waals surface area contributed by atoms with E-state index in [2.05, 4.69) is 5.32 Å². The predicted octanol–water partition coefficient (Wildman–Crippen LogP) is -0.865. The maximum atomic E-state index is 11.5. The SMILES string of the molecule is CC(C)(C)OC(=O)N[C@@H](CCC(N)=O)C(=O)NN. The summed E-state index contributed by atoms with van der Waals surface area (Å²) in [4.78, 5) is 33.5. The summed E-state index contributed by atoms with van der Waals surface area (Å²) >= 11 is 0. The van der Waals surface area contributed by atoms with Gasteiger partial charge in [0.05, 0.1) is 0 Å². The Labute approximate surface area is 105 Å². The number of amides is 3. The highest BCUT2D eigenvalue weighted by Crippen LogP contribution is 2.07. The Hall–Kier alpha value is -1.83. The minimum atomic E-state index is -0.961. The molecule has 8 nitrogen and oxygen atoms in total. The number of carbonyl (C=O) groups excluding carboxylic acids is 3. The van der Waals surface area contributed by atoms with Gasteiger partial charge in [-0.25, -0.2) is 10.6 Å². The molecule has 0 aromatic carbocycles. The van der Waals surface area contributed by atoms with Gasteiger partial charge in [0.15, 0.2) is 0 Å². The molecule has 3 amide bonds. The lowest BCUT2D eigenvalue weighted by molar-refractivity contribution is -0.123. The van der Waals surface area contributed by atoms with Crippen LogP contribution in [0.25, 0.3) is 0 Å². The van der Waals surface area contributed by atoms with Crippen molar-refractivity contribution in [3.63, 3.8) is 0 Å². The summed E-state index contributed by atoms with van der Waals surface area (Å²) in [6.07, 6.45) is -0.758. The minimum Gasteiger partial charge on any atom is -0.444 e. The number of rotatable bonds is 5. The largest absolute Gasteiger partial charge is 0.444 e. The number of alkyl carbamates (subject to hydrolysis) is 1. The van der Waals surface area contributed by atoms with Crippen LogP contribution in [0.4, 0.5) is 4.79 Å². The van der Waals surface area contributed by atoms with E-state index in [-0.39, 0.29) is 12.8 Å². The third-order valence-corrected chi connectivity index (χ3v) is 1.83. The highest BCUT2D eigenvalue weighted by Gasteiger charge is 2.24. The van der Waals surface area contributed by atoms with Gasteiger partial charge in [-0.3, -0.25) is 15.0 Å². The molecule has 0 unspecified atom stereocenters. The fourth-order valence-corrected chi connectivity index (χ4v) is 1.11. The lowest BCUT2D eigenvalue weighted by atomic mass is 10.1. The minimum absolute atomic E-state index is 0.0477. The number of hydrogen-bond donors (Lipinski definition) is 4. The van der Waals surface area contributed by atoms with Crippen LogP contribution in [0, 0.1) is 0 Å². The van der Waals surface area contributed by atoms with Crippen LogP contribution in [0.2, 0.25) is 0 Å². The predicted molar refractivity (Wildman–Crippen MR) is 63.9 cm³/mol. The molecule has 0 saturated heterocycles. The van der Waals surface area contributed by atoms with Crippen LogP contribution in [0.15, 0.2) is 0 Å². The topological polar surface area (TPSA) is 137 Å². The third-order valence-electron chi connectivity index (χ3n) is 1.83. The molecule has 0 saturated carbocycles. The van der Waals surface area contributed by atoms with Gasteiger partial charge in [-0.05, 0) is 27.2 Å². The summed E-state index contributed by atoms with van der Waals surface area (Å²) in [6, 6.07) is -0.961. The van der Waals surface area contributed by atoms with Gasteiger partial charge >= 0.3 is 6.09 Å². The molecule has 0 aliphatic rings. The molecule has 0 fully saturated rings. The van der Waals surface area contributed by atoms with Crippen LogP contribution >= 0.6 is 0 Å². The van der Waals surface area contributed by atoms with Crippen molar-refractivity contribution in [2.75, 3.05) is 0 Å². The van der Waals surface area contributed by atoms with Gasteiger partial charge in [0.1, 0.15) is 11.6 Å². The number of carbonyl (C=O) groups is 3. The maximum absolute atomic E-state index is 11.5. The second kappa shape index (κ2) is 6.80. The fraction of sp³-hybridized carbons (Fsp3) is 0.700. The van der Waals surface area contributed by atoms with E-state index in [1.54, 1.807) is 20.8 Å². The van der Waals surface area contributed by atoms with E-state index in [1.807, 2.05) is 5.43 Å². The third kappa shape index (κ3) is 7.44. The number of ether oxygens (including phenoxy) is 1. The van der Waals surface area contributed by atoms with Crippen LogP contribution in [-0.4, -0.2) is 29.6 Å². The zero-order chi connectivity index (χ0) is 14.3. The van der Waals surface area contributed by atoms with Gasteiger partial charge in [0.25, 0.3) is 5.91 Å².